The SMILES string of the molecule is CC(CNC(=O)NCCC(=O)O)Sc1ccc(Br)cc1. The van der Waals surface area contributed by atoms with Gasteiger partial charge in [-0.2, -0.15) is 0 Å². The molecule has 1 atom stereocenters. The van der Waals surface area contributed by atoms with E-state index in [1.165, 1.54) is 0 Å². The Morgan fingerprint density at radius 1 is 1.30 bits per heavy atom. The highest BCUT2D eigenvalue weighted by Crippen LogP contribution is 2.24. The number of carbonyl (C=O) groups is 2. The Balaban J connectivity index is 2.22. The van der Waals surface area contributed by atoms with Gasteiger partial charge in [-0.1, -0.05) is 22.9 Å². The van der Waals surface area contributed by atoms with Crippen LogP contribution < -0.4 is 10.6 Å². The van der Waals surface area contributed by atoms with E-state index in [4.69, 9.17) is 5.11 Å². The third kappa shape index (κ3) is 7.40. The summed E-state index contributed by atoms with van der Waals surface area (Å²) < 4.78 is 1.03. The molecule has 0 aliphatic heterocycles. The Bertz CT molecular complexity index is 453. The molecule has 0 aromatic heterocycles. The Kier molecular flexibility index (Phi) is 7.46. The van der Waals surface area contributed by atoms with Gasteiger partial charge in [-0.3, -0.25) is 4.79 Å². The number of carboxylic acids is 1. The lowest BCUT2D eigenvalue weighted by Crippen LogP contribution is -2.39. The van der Waals surface area contributed by atoms with E-state index >= 15 is 0 Å². The van der Waals surface area contributed by atoms with Gasteiger partial charge in [0.1, 0.15) is 0 Å². The summed E-state index contributed by atoms with van der Waals surface area (Å²) in [5.41, 5.74) is 0. The number of nitrogens with one attached hydrogen (secondary N) is 2. The predicted molar refractivity (Wildman–Crippen MR) is 83.1 cm³/mol. The molecule has 1 aromatic carbocycles. The van der Waals surface area contributed by atoms with Crippen LogP contribution in [0.15, 0.2) is 33.6 Å². The topological polar surface area (TPSA) is 78.4 Å². The smallest absolute Gasteiger partial charge is 0.314 e. The van der Waals surface area contributed by atoms with Crippen LogP contribution in [0.4, 0.5) is 4.79 Å². The van der Waals surface area contributed by atoms with Crippen LogP contribution in [-0.2, 0) is 4.79 Å². The lowest BCUT2D eigenvalue weighted by atomic mass is 10.4. The fourth-order valence-electron chi connectivity index (χ4n) is 1.37. The third-order valence-electron chi connectivity index (χ3n) is 2.33. The number of hydrogen-bond donors (Lipinski definition) is 3. The first kappa shape index (κ1) is 16.8. The molecule has 1 rings (SSSR count). The maximum absolute atomic E-state index is 11.4. The average Bonchev–Trinajstić information content (AvgIpc) is 2.39. The first-order valence-electron chi connectivity index (χ1n) is 6.13. The van der Waals surface area contributed by atoms with Gasteiger partial charge in [0, 0.05) is 27.7 Å². The summed E-state index contributed by atoms with van der Waals surface area (Å²) in [5, 5.41) is 13.9. The standard InChI is InChI=1S/C13H17BrN2O3S/c1-9(20-11-4-2-10(14)3-5-11)8-16-13(19)15-7-6-12(17)18/h2-5,9H,6-8H2,1H3,(H,17,18)(H2,15,16,19). The summed E-state index contributed by atoms with van der Waals surface area (Å²) in [4.78, 5) is 22.8. The van der Waals surface area contributed by atoms with Crippen molar-refractivity contribution in [3.63, 3.8) is 0 Å². The van der Waals surface area contributed by atoms with E-state index in [9.17, 15) is 9.59 Å². The van der Waals surface area contributed by atoms with Crippen molar-refractivity contribution in [3.8, 4) is 0 Å². The Morgan fingerprint density at radius 3 is 2.55 bits per heavy atom. The lowest BCUT2D eigenvalue weighted by Gasteiger charge is -2.13. The summed E-state index contributed by atoms with van der Waals surface area (Å²) in [6.07, 6.45) is -0.0728. The third-order valence-corrected chi connectivity index (χ3v) is 3.97. The number of benzene rings is 1. The van der Waals surface area contributed by atoms with Gasteiger partial charge < -0.3 is 15.7 Å². The minimum absolute atomic E-state index is 0.0728. The summed E-state index contributed by atoms with van der Waals surface area (Å²) >= 11 is 5.04. The molecule has 110 valence electrons. The summed E-state index contributed by atoms with van der Waals surface area (Å²) in [6.45, 7) is 2.67. The van der Waals surface area contributed by atoms with Crippen LogP contribution in [0.5, 0.6) is 0 Å². The van der Waals surface area contributed by atoms with Crippen molar-refractivity contribution in [2.24, 2.45) is 0 Å². The van der Waals surface area contributed by atoms with E-state index in [-0.39, 0.29) is 24.2 Å². The van der Waals surface area contributed by atoms with Crippen molar-refractivity contribution in [3.05, 3.63) is 28.7 Å². The fraction of sp³-hybridized carbons (Fsp3) is 0.385. The molecule has 0 saturated carbocycles. The largest absolute Gasteiger partial charge is 0.481 e. The normalized spacial score (nSPS) is 11.7. The zero-order valence-electron chi connectivity index (χ0n) is 11.1. The van der Waals surface area contributed by atoms with Gasteiger partial charge >= 0.3 is 12.0 Å². The fourth-order valence-corrected chi connectivity index (χ4v) is 2.56. The zero-order chi connectivity index (χ0) is 15.0. The van der Waals surface area contributed by atoms with Gasteiger partial charge in [0.05, 0.1) is 6.42 Å². The molecular formula is C13H17BrN2O3S. The number of carbonyl (C=O) groups excluding carboxylic acids is 1. The van der Waals surface area contributed by atoms with Crippen molar-refractivity contribution >= 4 is 39.7 Å². The Morgan fingerprint density at radius 2 is 1.95 bits per heavy atom. The second kappa shape index (κ2) is 8.86. The number of urea groups is 1. The molecule has 20 heavy (non-hydrogen) atoms. The second-order valence-electron chi connectivity index (χ2n) is 4.16. The summed E-state index contributed by atoms with van der Waals surface area (Å²) in [6, 6.07) is 7.63. The summed E-state index contributed by atoms with van der Waals surface area (Å²) in [7, 11) is 0. The Hall–Kier alpha value is -1.21. The van der Waals surface area contributed by atoms with E-state index in [0.29, 0.717) is 6.54 Å². The maximum atomic E-state index is 11.4. The number of carboxylic acid groups (broad SMARTS) is 1. The quantitative estimate of drug-likeness (QED) is 0.653. The molecule has 0 spiro atoms. The highest BCUT2D eigenvalue weighted by molar-refractivity contribution is 9.10. The van der Waals surface area contributed by atoms with Gasteiger partial charge in [-0.15, -0.1) is 11.8 Å². The van der Waals surface area contributed by atoms with Gasteiger partial charge in [0.2, 0.25) is 0 Å². The van der Waals surface area contributed by atoms with E-state index in [1.807, 2.05) is 31.2 Å². The second-order valence-corrected chi connectivity index (χ2v) is 6.59. The van der Waals surface area contributed by atoms with Gasteiger partial charge in [0.15, 0.2) is 0 Å². The molecular weight excluding hydrogens is 344 g/mol. The molecule has 2 amide bonds. The van der Waals surface area contributed by atoms with E-state index in [1.54, 1.807) is 11.8 Å². The number of hydrogen-bond acceptors (Lipinski definition) is 3. The molecule has 0 bridgehead atoms. The monoisotopic (exact) mass is 360 g/mol. The molecule has 1 unspecified atom stereocenters. The van der Waals surface area contributed by atoms with Crippen LogP contribution in [0.2, 0.25) is 0 Å². The molecule has 0 aliphatic carbocycles. The van der Waals surface area contributed by atoms with Crippen LogP contribution in [-0.4, -0.2) is 35.4 Å². The van der Waals surface area contributed by atoms with E-state index < -0.39 is 5.97 Å². The molecule has 0 fully saturated rings. The van der Waals surface area contributed by atoms with Crippen molar-refractivity contribution in [1.82, 2.24) is 10.6 Å². The number of aliphatic carboxylic acids is 1. The highest BCUT2D eigenvalue weighted by atomic mass is 79.9. The van der Waals surface area contributed by atoms with Crippen molar-refractivity contribution in [2.75, 3.05) is 13.1 Å². The van der Waals surface area contributed by atoms with Crippen molar-refractivity contribution in [1.29, 1.82) is 0 Å². The van der Waals surface area contributed by atoms with Crippen LogP contribution >= 0.6 is 27.7 Å². The number of halogens is 1. The lowest BCUT2D eigenvalue weighted by molar-refractivity contribution is -0.136. The van der Waals surface area contributed by atoms with Gasteiger partial charge in [0.25, 0.3) is 0 Å². The van der Waals surface area contributed by atoms with Crippen LogP contribution in [0.25, 0.3) is 0 Å². The average molecular weight is 361 g/mol. The van der Waals surface area contributed by atoms with Crippen molar-refractivity contribution in [2.45, 2.75) is 23.5 Å². The van der Waals surface area contributed by atoms with Gasteiger partial charge in [-0.25, -0.2) is 4.79 Å². The first-order chi connectivity index (χ1) is 9.47. The van der Waals surface area contributed by atoms with Crippen LogP contribution in [0, 0.1) is 0 Å². The molecule has 0 saturated heterocycles. The molecule has 7 heteroatoms. The number of amides is 2. The summed E-state index contributed by atoms with van der Waals surface area (Å²) in [5.74, 6) is -0.926. The molecule has 5 nitrogen and oxygen atoms in total. The number of thioether (sulfide) groups is 1. The zero-order valence-corrected chi connectivity index (χ0v) is 13.5. The number of rotatable bonds is 7. The predicted octanol–water partition coefficient (Wildman–Crippen LogP) is 2.70. The minimum Gasteiger partial charge on any atom is -0.481 e. The Labute approximate surface area is 130 Å². The molecule has 0 heterocycles. The van der Waals surface area contributed by atoms with E-state index in [2.05, 4.69) is 26.6 Å². The van der Waals surface area contributed by atoms with Crippen molar-refractivity contribution < 1.29 is 14.7 Å². The van der Waals surface area contributed by atoms with Crippen LogP contribution in [0.1, 0.15) is 13.3 Å². The first-order valence-corrected chi connectivity index (χ1v) is 7.80. The highest BCUT2D eigenvalue weighted by Gasteiger charge is 2.07. The maximum Gasteiger partial charge on any atom is 0.314 e. The molecule has 0 radical (unpaired) electrons. The molecule has 3 N–H and O–H groups in total. The molecule has 0 aliphatic rings. The van der Waals surface area contributed by atoms with E-state index in [0.717, 1.165) is 9.37 Å². The molecule has 1 aromatic rings. The van der Waals surface area contributed by atoms with Gasteiger partial charge in [-0.05, 0) is 24.3 Å². The minimum atomic E-state index is -0.926. The van der Waals surface area contributed by atoms with Crippen LogP contribution in [0.3, 0.4) is 0 Å².